The highest BCUT2D eigenvalue weighted by Gasteiger charge is 2.45. The topological polar surface area (TPSA) is 105 Å². The van der Waals surface area contributed by atoms with E-state index in [1.54, 1.807) is 0 Å². The van der Waals surface area contributed by atoms with Gasteiger partial charge in [0.2, 0.25) is 5.91 Å². The van der Waals surface area contributed by atoms with Crippen LogP contribution in [-0.4, -0.2) is 66.9 Å². The molecule has 2 N–H and O–H groups in total. The van der Waals surface area contributed by atoms with Crippen molar-refractivity contribution in [2.45, 2.75) is 31.3 Å². The smallest absolute Gasteiger partial charge is 0.407 e. The normalized spacial score (nSPS) is 21.2. The van der Waals surface area contributed by atoms with Crippen molar-refractivity contribution in [1.82, 2.24) is 10.2 Å². The van der Waals surface area contributed by atoms with E-state index >= 15 is 0 Å². The van der Waals surface area contributed by atoms with Crippen LogP contribution in [0, 0.1) is 11.8 Å². The van der Waals surface area contributed by atoms with Crippen molar-refractivity contribution in [3.8, 4) is 11.1 Å². The number of hydrogen-bond acceptors (Lipinski definition) is 5. The summed E-state index contributed by atoms with van der Waals surface area (Å²) in [7, 11) is 0. The number of carbonyl (C=O) groups excluding carboxylic acids is 2. The van der Waals surface area contributed by atoms with E-state index in [2.05, 4.69) is 29.6 Å². The minimum atomic E-state index is -0.978. The van der Waals surface area contributed by atoms with E-state index in [0.29, 0.717) is 32.5 Å². The van der Waals surface area contributed by atoms with Crippen LogP contribution in [0.5, 0.6) is 0 Å². The van der Waals surface area contributed by atoms with E-state index in [9.17, 15) is 14.4 Å². The summed E-state index contributed by atoms with van der Waals surface area (Å²) < 4.78 is 10.9. The number of aliphatic carboxylic acids is 1. The molecule has 1 heterocycles. The summed E-state index contributed by atoms with van der Waals surface area (Å²) in [6.07, 6.45) is 1.49. The molecule has 2 atom stereocenters. The van der Waals surface area contributed by atoms with Gasteiger partial charge in [-0.1, -0.05) is 48.5 Å². The summed E-state index contributed by atoms with van der Waals surface area (Å²) in [6.45, 7) is 1.54. The van der Waals surface area contributed by atoms with Gasteiger partial charge >= 0.3 is 12.1 Å². The Balaban J connectivity index is 1.05. The van der Waals surface area contributed by atoms with Gasteiger partial charge in [-0.05, 0) is 47.4 Å². The first kappa shape index (κ1) is 23.4. The van der Waals surface area contributed by atoms with Gasteiger partial charge in [0.1, 0.15) is 13.2 Å². The van der Waals surface area contributed by atoms with Crippen LogP contribution < -0.4 is 5.32 Å². The van der Waals surface area contributed by atoms with Gasteiger partial charge in [-0.15, -0.1) is 0 Å². The molecule has 2 fully saturated rings. The molecule has 2 aromatic carbocycles. The number of nitrogens with one attached hydrogen (secondary N) is 1. The molecule has 0 bridgehead atoms. The fourth-order valence-corrected chi connectivity index (χ4v) is 5.31. The third-order valence-corrected chi connectivity index (χ3v) is 7.29. The molecular formula is C27H30N2O6. The summed E-state index contributed by atoms with van der Waals surface area (Å²) in [5, 5.41) is 11.6. The molecule has 2 aliphatic carbocycles. The Morgan fingerprint density at radius 2 is 1.60 bits per heavy atom. The third-order valence-electron chi connectivity index (χ3n) is 7.29. The maximum atomic E-state index is 12.8. The predicted molar refractivity (Wildman–Crippen MR) is 128 cm³/mol. The summed E-state index contributed by atoms with van der Waals surface area (Å²) in [6, 6.07) is 16.4. The lowest BCUT2D eigenvalue weighted by Crippen LogP contribution is -2.42. The molecule has 1 aliphatic heterocycles. The van der Waals surface area contributed by atoms with Gasteiger partial charge in [0, 0.05) is 31.5 Å². The van der Waals surface area contributed by atoms with Crippen molar-refractivity contribution in [3.05, 3.63) is 59.7 Å². The van der Waals surface area contributed by atoms with E-state index in [1.165, 1.54) is 22.3 Å². The minimum Gasteiger partial charge on any atom is -0.480 e. The van der Waals surface area contributed by atoms with Crippen LogP contribution >= 0.6 is 0 Å². The number of piperidine rings is 1. The Bertz CT molecular complexity index is 1060. The van der Waals surface area contributed by atoms with Crippen molar-refractivity contribution in [2.75, 3.05) is 32.8 Å². The first-order valence-electron chi connectivity index (χ1n) is 12.2. The van der Waals surface area contributed by atoms with E-state index in [4.69, 9.17) is 14.6 Å². The van der Waals surface area contributed by atoms with Gasteiger partial charge in [-0.3, -0.25) is 4.79 Å². The highest BCUT2D eigenvalue weighted by Crippen LogP contribution is 2.44. The lowest BCUT2D eigenvalue weighted by Gasteiger charge is -2.32. The van der Waals surface area contributed by atoms with E-state index in [-0.39, 0.29) is 43.0 Å². The molecule has 184 valence electrons. The van der Waals surface area contributed by atoms with Crippen molar-refractivity contribution in [1.29, 1.82) is 0 Å². The maximum Gasteiger partial charge on any atom is 0.407 e. The number of alkyl carbamates (subject to hydrolysis) is 1. The molecule has 0 unspecified atom stereocenters. The number of likely N-dealkylation sites (tertiary alicyclic amines) is 1. The Morgan fingerprint density at radius 1 is 0.971 bits per heavy atom. The number of nitrogens with zero attached hydrogens (tertiary/aromatic N) is 1. The number of carbonyl (C=O) groups is 3. The average Bonchev–Trinajstić information content (AvgIpc) is 3.59. The Hall–Kier alpha value is -3.39. The predicted octanol–water partition coefficient (Wildman–Crippen LogP) is 3.25. The second kappa shape index (κ2) is 10.1. The monoisotopic (exact) mass is 478 g/mol. The molecule has 0 aromatic heterocycles. The van der Waals surface area contributed by atoms with Crippen molar-refractivity contribution in [3.63, 3.8) is 0 Å². The largest absolute Gasteiger partial charge is 0.480 e. The Morgan fingerprint density at radius 3 is 2.23 bits per heavy atom. The van der Waals surface area contributed by atoms with Gasteiger partial charge < -0.3 is 24.8 Å². The quantitative estimate of drug-likeness (QED) is 0.604. The Labute approximate surface area is 204 Å². The molecule has 35 heavy (non-hydrogen) atoms. The lowest BCUT2D eigenvalue weighted by molar-refractivity contribution is -0.147. The highest BCUT2D eigenvalue weighted by atomic mass is 16.5. The number of amides is 2. The van der Waals surface area contributed by atoms with Crippen LogP contribution in [-0.2, 0) is 19.1 Å². The second-order valence-corrected chi connectivity index (χ2v) is 9.54. The summed E-state index contributed by atoms with van der Waals surface area (Å²) in [5.74, 6) is -0.788. The molecule has 1 saturated carbocycles. The van der Waals surface area contributed by atoms with Crippen molar-refractivity contribution >= 4 is 18.0 Å². The number of hydrogen-bond donors (Lipinski definition) is 2. The average molecular weight is 479 g/mol. The van der Waals surface area contributed by atoms with Crippen LogP contribution in [0.2, 0.25) is 0 Å². The zero-order valence-electron chi connectivity index (χ0n) is 19.5. The zero-order chi connectivity index (χ0) is 24.4. The first-order chi connectivity index (χ1) is 17.0. The summed E-state index contributed by atoms with van der Waals surface area (Å²) >= 11 is 0. The fraction of sp³-hybridized carbons (Fsp3) is 0.444. The van der Waals surface area contributed by atoms with Gasteiger partial charge in [0.15, 0.2) is 0 Å². The third kappa shape index (κ3) is 5.17. The van der Waals surface area contributed by atoms with Gasteiger partial charge in [0.05, 0.1) is 6.10 Å². The van der Waals surface area contributed by atoms with Crippen molar-refractivity contribution < 1.29 is 29.0 Å². The van der Waals surface area contributed by atoms with Crippen LogP contribution in [0.15, 0.2) is 48.5 Å². The van der Waals surface area contributed by atoms with Gasteiger partial charge in [0.25, 0.3) is 0 Å². The van der Waals surface area contributed by atoms with Crippen LogP contribution in [0.1, 0.15) is 36.3 Å². The molecule has 2 aromatic rings. The second-order valence-electron chi connectivity index (χ2n) is 9.54. The number of carboxylic acids is 1. The van der Waals surface area contributed by atoms with Crippen LogP contribution in [0.3, 0.4) is 0 Å². The molecule has 1 saturated heterocycles. The number of fused-ring (bicyclic) bond motifs is 3. The molecule has 0 radical (unpaired) electrons. The van der Waals surface area contributed by atoms with Crippen molar-refractivity contribution in [2.24, 2.45) is 11.8 Å². The number of benzene rings is 2. The summed E-state index contributed by atoms with van der Waals surface area (Å²) in [5.41, 5.74) is 4.72. The number of carboxylic acid groups (broad SMARTS) is 1. The molecule has 8 nitrogen and oxygen atoms in total. The standard InChI is InChI=1S/C27H30N2O6/c30-25(31)16-34-18-9-11-29(12-10-18)26(32)23-13-17(23)14-28-27(33)35-15-24-21-7-3-1-5-19(21)20-6-2-4-8-22(20)24/h1-8,17-18,23-24H,9-16H2,(H,28,33)(H,30,31)/t17-,23-/m0/s1. The molecule has 0 spiro atoms. The van der Waals surface area contributed by atoms with E-state index < -0.39 is 12.1 Å². The summed E-state index contributed by atoms with van der Waals surface area (Å²) in [4.78, 5) is 37.6. The highest BCUT2D eigenvalue weighted by molar-refractivity contribution is 5.82. The fourth-order valence-electron chi connectivity index (χ4n) is 5.31. The van der Waals surface area contributed by atoms with Gasteiger partial charge in [-0.2, -0.15) is 0 Å². The molecule has 8 heteroatoms. The van der Waals surface area contributed by atoms with Gasteiger partial charge in [-0.25, -0.2) is 9.59 Å². The lowest BCUT2D eigenvalue weighted by atomic mass is 9.98. The molecule has 5 rings (SSSR count). The minimum absolute atomic E-state index is 0.0193. The maximum absolute atomic E-state index is 12.8. The molecule has 2 amide bonds. The van der Waals surface area contributed by atoms with Crippen LogP contribution in [0.25, 0.3) is 11.1 Å². The van der Waals surface area contributed by atoms with Crippen LogP contribution in [0.4, 0.5) is 4.79 Å². The van der Waals surface area contributed by atoms with E-state index in [1.807, 2.05) is 29.2 Å². The molecular weight excluding hydrogens is 448 g/mol. The number of ether oxygens (including phenoxy) is 2. The zero-order valence-corrected chi connectivity index (χ0v) is 19.5. The first-order valence-corrected chi connectivity index (χ1v) is 12.2. The van der Waals surface area contributed by atoms with E-state index in [0.717, 1.165) is 6.42 Å². The molecule has 3 aliphatic rings. The number of rotatable bonds is 8. The Kier molecular flexibility index (Phi) is 6.72. The SMILES string of the molecule is O=C(O)COC1CCN(C(=O)[C@H]2C[C@H]2CNC(=O)OCC2c3ccccc3-c3ccccc32)CC1.